The molecule has 1 aromatic carbocycles. The molecule has 0 unspecified atom stereocenters. The molecule has 2 aromatic rings. The van der Waals surface area contributed by atoms with Crippen LogP contribution in [0.5, 0.6) is 5.75 Å². The van der Waals surface area contributed by atoms with Crippen molar-refractivity contribution in [3.63, 3.8) is 0 Å². The number of anilines is 1. The van der Waals surface area contributed by atoms with Crippen molar-refractivity contribution in [2.24, 2.45) is 0 Å². The van der Waals surface area contributed by atoms with Gasteiger partial charge >= 0.3 is 12.3 Å². The van der Waals surface area contributed by atoms with Crippen molar-refractivity contribution in [2.45, 2.75) is 19.3 Å². The molecule has 0 spiro atoms. The highest BCUT2D eigenvalue weighted by molar-refractivity contribution is 5.95. The molecule has 0 saturated carbocycles. The van der Waals surface area contributed by atoms with Gasteiger partial charge in [0.1, 0.15) is 11.3 Å². The van der Waals surface area contributed by atoms with E-state index in [-0.39, 0.29) is 0 Å². The number of hydrogen-bond donors (Lipinski definition) is 0. The van der Waals surface area contributed by atoms with E-state index >= 15 is 0 Å². The number of para-hydroxylation sites is 1. The summed E-state index contributed by atoms with van der Waals surface area (Å²) in [7, 11) is 1.58. The van der Waals surface area contributed by atoms with E-state index in [4.69, 9.17) is 4.74 Å². The van der Waals surface area contributed by atoms with Gasteiger partial charge in [0.2, 0.25) is 0 Å². The summed E-state index contributed by atoms with van der Waals surface area (Å²) in [6.07, 6.45) is -3.64. The highest BCUT2D eigenvalue weighted by atomic mass is 19.3. The smallest absolute Gasteiger partial charge is 0.319 e. The maximum atomic E-state index is 13.3. The highest BCUT2D eigenvalue weighted by Gasteiger charge is 2.42. The minimum Gasteiger partial charge on any atom is -0.494 e. The number of alkyl halides is 4. The number of pyridine rings is 1. The average molecular weight is 371 g/mol. The Morgan fingerprint density at radius 1 is 1.19 bits per heavy atom. The third kappa shape index (κ3) is 3.70. The molecule has 0 aliphatic carbocycles. The van der Waals surface area contributed by atoms with Gasteiger partial charge in [-0.1, -0.05) is 12.1 Å². The molecular weight excluding hydrogens is 350 g/mol. The summed E-state index contributed by atoms with van der Waals surface area (Å²) in [4.78, 5) is 8.01. The first-order chi connectivity index (χ1) is 12.3. The molecule has 1 aliphatic rings. The molecule has 4 nitrogen and oxygen atoms in total. The zero-order chi connectivity index (χ0) is 18.9. The molecular formula is C18H21F4N3O. The normalized spacial score (nSPS) is 16.5. The van der Waals surface area contributed by atoms with Crippen molar-refractivity contribution in [1.29, 1.82) is 0 Å². The number of halogens is 4. The predicted octanol–water partition coefficient (Wildman–Crippen LogP) is 3.57. The Balaban J connectivity index is 1.80. The lowest BCUT2D eigenvalue weighted by Gasteiger charge is -2.37. The zero-order valence-electron chi connectivity index (χ0n) is 14.7. The largest absolute Gasteiger partial charge is 0.494 e. The van der Waals surface area contributed by atoms with Crippen LogP contribution in [0.2, 0.25) is 0 Å². The quantitative estimate of drug-likeness (QED) is 0.752. The lowest BCUT2D eigenvalue weighted by atomic mass is 10.1. The van der Waals surface area contributed by atoms with Crippen LogP contribution in [0.3, 0.4) is 0 Å². The van der Waals surface area contributed by atoms with Gasteiger partial charge in [0.25, 0.3) is 0 Å². The van der Waals surface area contributed by atoms with E-state index in [1.54, 1.807) is 7.11 Å². The number of ether oxygens (including phenoxy) is 1. The predicted molar refractivity (Wildman–Crippen MR) is 92.6 cm³/mol. The fraction of sp³-hybridized carbons (Fsp3) is 0.500. The van der Waals surface area contributed by atoms with Crippen LogP contribution in [0.25, 0.3) is 10.9 Å². The summed E-state index contributed by atoms with van der Waals surface area (Å²) < 4.78 is 56.7. The van der Waals surface area contributed by atoms with Crippen LogP contribution in [-0.4, -0.2) is 62.1 Å². The van der Waals surface area contributed by atoms with E-state index in [1.807, 2.05) is 31.2 Å². The Labute approximate surface area is 149 Å². The van der Waals surface area contributed by atoms with E-state index in [0.717, 1.165) is 22.3 Å². The van der Waals surface area contributed by atoms with Gasteiger partial charge in [-0.25, -0.2) is 13.8 Å². The average Bonchev–Trinajstić information content (AvgIpc) is 2.60. The van der Waals surface area contributed by atoms with Crippen molar-refractivity contribution in [3.05, 3.63) is 30.0 Å². The summed E-state index contributed by atoms with van der Waals surface area (Å²) >= 11 is 0. The van der Waals surface area contributed by atoms with Crippen LogP contribution in [-0.2, 0) is 0 Å². The number of hydrogen-bond acceptors (Lipinski definition) is 4. The molecule has 0 atom stereocenters. The molecule has 0 N–H and O–H groups in total. The molecule has 0 bridgehead atoms. The number of aryl methyl sites for hydroxylation is 1. The Kier molecular flexibility index (Phi) is 5.22. The lowest BCUT2D eigenvalue weighted by molar-refractivity contribution is -0.142. The van der Waals surface area contributed by atoms with E-state index in [9.17, 15) is 17.6 Å². The van der Waals surface area contributed by atoms with Gasteiger partial charge in [0, 0.05) is 42.9 Å². The van der Waals surface area contributed by atoms with Gasteiger partial charge in [-0.05, 0) is 19.1 Å². The maximum absolute atomic E-state index is 13.3. The summed E-state index contributed by atoms with van der Waals surface area (Å²) in [5.74, 6) is -3.31. The molecule has 0 radical (unpaired) electrons. The third-order valence-corrected chi connectivity index (χ3v) is 4.60. The van der Waals surface area contributed by atoms with Crippen LogP contribution < -0.4 is 9.64 Å². The fourth-order valence-corrected chi connectivity index (χ4v) is 3.27. The van der Waals surface area contributed by atoms with E-state index < -0.39 is 18.9 Å². The highest BCUT2D eigenvalue weighted by Crippen LogP contribution is 2.33. The number of methoxy groups -OCH3 is 1. The molecule has 0 amide bonds. The summed E-state index contributed by atoms with van der Waals surface area (Å²) in [6.45, 7) is 2.53. The topological polar surface area (TPSA) is 28.6 Å². The van der Waals surface area contributed by atoms with Crippen LogP contribution in [0.4, 0.5) is 23.2 Å². The third-order valence-electron chi connectivity index (χ3n) is 4.60. The summed E-state index contributed by atoms with van der Waals surface area (Å²) in [5, 5.41) is 0.918. The number of aromatic nitrogens is 1. The molecule has 26 heavy (non-hydrogen) atoms. The summed E-state index contributed by atoms with van der Waals surface area (Å²) in [5.41, 5.74) is 2.52. The molecule has 1 aliphatic heterocycles. The maximum Gasteiger partial charge on any atom is 0.319 e. The van der Waals surface area contributed by atoms with E-state index in [1.165, 1.54) is 4.90 Å². The minimum atomic E-state index is -3.98. The molecule has 8 heteroatoms. The first-order valence-corrected chi connectivity index (χ1v) is 8.39. The van der Waals surface area contributed by atoms with Gasteiger partial charge in [-0.3, -0.25) is 4.90 Å². The SMILES string of the molecule is COc1cccc2c(N3CCN(CC(F)(F)C(F)F)CC3)cc(C)nc12. The zero-order valence-corrected chi connectivity index (χ0v) is 14.7. The van der Waals surface area contributed by atoms with Crippen LogP contribution in [0.15, 0.2) is 24.3 Å². The first kappa shape index (κ1) is 18.7. The van der Waals surface area contributed by atoms with Crippen LogP contribution in [0, 0.1) is 6.92 Å². The van der Waals surface area contributed by atoms with Gasteiger partial charge in [0.05, 0.1) is 13.7 Å². The molecule has 2 heterocycles. The Morgan fingerprint density at radius 3 is 2.50 bits per heavy atom. The van der Waals surface area contributed by atoms with Crippen molar-refractivity contribution < 1.29 is 22.3 Å². The molecule has 1 aromatic heterocycles. The van der Waals surface area contributed by atoms with Crippen molar-refractivity contribution >= 4 is 16.6 Å². The Bertz CT molecular complexity index is 776. The summed E-state index contributed by atoms with van der Waals surface area (Å²) in [6, 6.07) is 7.60. The lowest BCUT2D eigenvalue weighted by Crippen LogP contribution is -2.51. The molecule has 3 rings (SSSR count). The van der Waals surface area contributed by atoms with Gasteiger partial charge in [-0.15, -0.1) is 0 Å². The van der Waals surface area contributed by atoms with Crippen molar-refractivity contribution in [1.82, 2.24) is 9.88 Å². The second kappa shape index (κ2) is 7.26. The number of piperazine rings is 1. The minimum absolute atomic E-state index is 0.301. The number of nitrogens with zero attached hydrogens (tertiary/aromatic N) is 3. The Morgan fingerprint density at radius 2 is 1.88 bits per heavy atom. The van der Waals surface area contributed by atoms with Gasteiger partial charge in [-0.2, -0.15) is 8.78 Å². The van der Waals surface area contributed by atoms with Crippen LogP contribution in [0.1, 0.15) is 5.69 Å². The molecule has 142 valence electrons. The number of benzene rings is 1. The second-order valence-electron chi connectivity index (χ2n) is 6.46. The molecule has 1 saturated heterocycles. The fourth-order valence-electron chi connectivity index (χ4n) is 3.27. The van der Waals surface area contributed by atoms with Crippen LogP contribution >= 0.6 is 0 Å². The monoisotopic (exact) mass is 371 g/mol. The van der Waals surface area contributed by atoms with E-state index in [2.05, 4.69) is 9.88 Å². The van der Waals surface area contributed by atoms with Gasteiger partial charge < -0.3 is 9.64 Å². The second-order valence-corrected chi connectivity index (χ2v) is 6.46. The first-order valence-electron chi connectivity index (χ1n) is 8.39. The molecule has 1 fully saturated rings. The van der Waals surface area contributed by atoms with Gasteiger partial charge in [0.15, 0.2) is 0 Å². The van der Waals surface area contributed by atoms with E-state index in [0.29, 0.717) is 31.9 Å². The van der Waals surface area contributed by atoms with Crippen molar-refractivity contribution in [2.75, 3.05) is 44.7 Å². The number of fused-ring (bicyclic) bond motifs is 1. The Hall–Kier alpha value is -2.09. The van der Waals surface area contributed by atoms with Crippen molar-refractivity contribution in [3.8, 4) is 5.75 Å². The standard InChI is InChI=1S/C18H21F4N3O/c1-12-10-14(13-4-3-5-15(26-2)16(13)23-12)25-8-6-24(7-9-25)11-18(21,22)17(19)20/h3-5,10,17H,6-9,11H2,1-2H3. The number of rotatable bonds is 5.